The van der Waals surface area contributed by atoms with E-state index < -0.39 is 17.5 Å². The summed E-state index contributed by atoms with van der Waals surface area (Å²) in [6.45, 7) is 3.26. The minimum absolute atomic E-state index is 0.169. The molecule has 122 valence electrons. The van der Waals surface area contributed by atoms with Crippen molar-refractivity contribution >= 4 is 35.1 Å². The summed E-state index contributed by atoms with van der Waals surface area (Å²) in [5.74, 6) is -0.593. The zero-order valence-electron chi connectivity index (χ0n) is 13.0. The maximum absolute atomic E-state index is 12.5. The van der Waals surface area contributed by atoms with Gasteiger partial charge in [0.05, 0.1) is 0 Å². The molecule has 1 aromatic carbocycles. The molecular formula is C16H18ClN3O3. The van der Waals surface area contributed by atoms with Gasteiger partial charge in [0.15, 0.2) is 0 Å². The topological polar surface area (TPSA) is 78.5 Å². The third kappa shape index (κ3) is 2.91. The van der Waals surface area contributed by atoms with Crippen LogP contribution in [0.5, 0.6) is 0 Å². The molecular weight excluding hydrogens is 318 g/mol. The number of halogens is 1. The quantitative estimate of drug-likeness (QED) is 0.829. The second-order valence-electron chi connectivity index (χ2n) is 6.31. The Hall–Kier alpha value is -2.08. The highest BCUT2D eigenvalue weighted by Crippen LogP contribution is 2.42. The van der Waals surface area contributed by atoms with E-state index in [4.69, 9.17) is 11.6 Å². The number of aryl methyl sites for hydroxylation is 1. The Morgan fingerprint density at radius 1 is 1.43 bits per heavy atom. The first-order valence-electron chi connectivity index (χ1n) is 7.51. The lowest BCUT2D eigenvalue weighted by Gasteiger charge is -2.20. The Labute approximate surface area is 139 Å². The van der Waals surface area contributed by atoms with Crippen molar-refractivity contribution in [3.63, 3.8) is 0 Å². The third-order valence-electron chi connectivity index (χ3n) is 4.47. The third-order valence-corrected chi connectivity index (χ3v) is 4.71. The van der Waals surface area contributed by atoms with Crippen LogP contribution in [0, 0.1) is 12.8 Å². The molecule has 7 heteroatoms. The van der Waals surface area contributed by atoms with Crippen molar-refractivity contribution in [1.82, 2.24) is 10.2 Å². The highest BCUT2D eigenvalue weighted by molar-refractivity contribution is 6.31. The summed E-state index contributed by atoms with van der Waals surface area (Å²) in [5, 5.41) is 5.91. The van der Waals surface area contributed by atoms with E-state index in [1.54, 1.807) is 25.1 Å². The molecule has 0 aromatic heterocycles. The molecule has 0 spiro atoms. The van der Waals surface area contributed by atoms with Gasteiger partial charge in [-0.2, -0.15) is 0 Å². The summed E-state index contributed by atoms with van der Waals surface area (Å²) in [6, 6.07) is 4.64. The molecule has 0 unspecified atom stereocenters. The SMILES string of the molecule is Cc1ccc(Cl)cc1NC(=O)CN1C(=O)N[C@@](C)(C2CC2)C1=O. The number of hydrogen-bond acceptors (Lipinski definition) is 3. The summed E-state index contributed by atoms with van der Waals surface area (Å²) in [5.41, 5.74) is 0.547. The number of amides is 4. The van der Waals surface area contributed by atoms with Crippen LogP contribution in [0.25, 0.3) is 0 Å². The fourth-order valence-electron chi connectivity index (χ4n) is 2.86. The van der Waals surface area contributed by atoms with Gasteiger partial charge in [0.1, 0.15) is 12.1 Å². The molecule has 6 nitrogen and oxygen atoms in total. The Balaban J connectivity index is 1.69. The van der Waals surface area contributed by atoms with Crippen LogP contribution in [-0.4, -0.2) is 34.8 Å². The summed E-state index contributed by atoms with van der Waals surface area (Å²) in [7, 11) is 0. The molecule has 23 heavy (non-hydrogen) atoms. The molecule has 3 rings (SSSR count). The molecule has 0 radical (unpaired) electrons. The molecule has 0 bridgehead atoms. The lowest BCUT2D eigenvalue weighted by molar-refractivity contribution is -0.134. The number of nitrogens with zero attached hydrogens (tertiary/aromatic N) is 1. The Bertz CT molecular complexity index is 702. The molecule has 2 N–H and O–H groups in total. The Kier molecular flexibility index (Phi) is 3.80. The summed E-state index contributed by atoms with van der Waals surface area (Å²) in [6.07, 6.45) is 1.84. The van der Waals surface area contributed by atoms with Crippen LogP contribution in [0.15, 0.2) is 18.2 Å². The van der Waals surface area contributed by atoms with Crippen molar-refractivity contribution in [2.24, 2.45) is 5.92 Å². The number of carbonyl (C=O) groups is 3. The van der Waals surface area contributed by atoms with Gasteiger partial charge in [0.25, 0.3) is 5.91 Å². The number of nitrogens with one attached hydrogen (secondary N) is 2. The van der Waals surface area contributed by atoms with E-state index >= 15 is 0 Å². The van der Waals surface area contributed by atoms with Crippen LogP contribution in [0.2, 0.25) is 5.02 Å². The summed E-state index contributed by atoms with van der Waals surface area (Å²) >= 11 is 5.92. The molecule has 1 saturated heterocycles. The molecule has 1 saturated carbocycles. The van der Waals surface area contributed by atoms with Crippen molar-refractivity contribution in [1.29, 1.82) is 0 Å². The summed E-state index contributed by atoms with van der Waals surface area (Å²) < 4.78 is 0. The molecule has 2 fully saturated rings. The van der Waals surface area contributed by atoms with Crippen molar-refractivity contribution in [2.45, 2.75) is 32.2 Å². The first-order chi connectivity index (χ1) is 10.8. The van der Waals surface area contributed by atoms with Gasteiger partial charge in [-0.25, -0.2) is 4.79 Å². The van der Waals surface area contributed by atoms with Crippen LogP contribution in [0.3, 0.4) is 0 Å². The number of anilines is 1. The van der Waals surface area contributed by atoms with Gasteiger partial charge in [-0.05, 0) is 50.3 Å². The van der Waals surface area contributed by atoms with Crippen molar-refractivity contribution in [2.75, 3.05) is 11.9 Å². The number of urea groups is 1. The zero-order valence-corrected chi connectivity index (χ0v) is 13.7. The number of imide groups is 1. The first-order valence-corrected chi connectivity index (χ1v) is 7.89. The standard InChI is InChI=1S/C16H18ClN3O3/c1-9-3-6-11(17)7-12(9)18-13(21)8-20-14(22)16(2,10-4-5-10)19-15(20)23/h3,6-7,10H,4-5,8H2,1-2H3,(H,18,21)(H,19,23)/t16-/m0/s1. The van der Waals surface area contributed by atoms with Crippen molar-refractivity contribution in [3.05, 3.63) is 28.8 Å². The van der Waals surface area contributed by atoms with Crippen LogP contribution < -0.4 is 10.6 Å². The predicted octanol–water partition coefficient (Wildman–Crippen LogP) is 2.31. The molecule has 2 aliphatic rings. The van der Waals surface area contributed by atoms with E-state index in [9.17, 15) is 14.4 Å². The molecule has 1 aliphatic heterocycles. The van der Waals surface area contributed by atoms with E-state index in [1.165, 1.54) is 0 Å². The Morgan fingerprint density at radius 3 is 2.78 bits per heavy atom. The number of benzene rings is 1. The molecule has 1 aromatic rings. The van der Waals surface area contributed by atoms with Crippen LogP contribution in [0.4, 0.5) is 10.5 Å². The van der Waals surface area contributed by atoms with E-state index in [1.807, 2.05) is 6.92 Å². The maximum atomic E-state index is 12.5. The minimum Gasteiger partial charge on any atom is -0.324 e. The van der Waals surface area contributed by atoms with Gasteiger partial charge in [-0.1, -0.05) is 17.7 Å². The van der Waals surface area contributed by atoms with Crippen LogP contribution >= 0.6 is 11.6 Å². The normalized spacial score (nSPS) is 23.9. The van der Waals surface area contributed by atoms with E-state index in [0.29, 0.717) is 10.7 Å². The lowest BCUT2D eigenvalue weighted by atomic mass is 9.96. The molecule has 1 atom stereocenters. The minimum atomic E-state index is -0.872. The smallest absolute Gasteiger partial charge is 0.324 e. The fourth-order valence-corrected chi connectivity index (χ4v) is 3.03. The number of carbonyl (C=O) groups excluding carboxylic acids is 3. The van der Waals surface area contributed by atoms with Gasteiger partial charge in [-0.15, -0.1) is 0 Å². The molecule has 1 heterocycles. The van der Waals surface area contributed by atoms with E-state index in [2.05, 4.69) is 10.6 Å². The summed E-state index contributed by atoms with van der Waals surface area (Å²) in [4.78, 5) is 37.7. The van der Waals surface area contributed by atoms with Crippen LogP contribution in [0.1, 0.15) is 25.3 Å². The average molecular weight is 336 g/mol. The largest absolute Gasteiger partial charge is 0.325 e. The maximum Gasteiger partial charge on any atom is 0.325 e. The highest BCUT2D eigenvalue weighted by atomic mass is 35.5. The van der Waals surface area contributed by atoms with Gasteiger partial charge in [-0.3, -0.25) is 14.5 Å². The van der Waals surface area contributed by atoms with Gasteiger partial charge >= 0.3 is 6.03 Å². The predicted molar refractivity (Wildman–Crippen MR) is 86.2 cm³/mol. The number of rotatable bonds is 4. The van der Waals surface area contributed by atoms with Crippen molar-refractivity contribution < 1.29 is 14.4 Å². The van der Waals surface area contributed by atoms with Crippen LogP contribution in [-0.2, 0) is 9.59 Å². The fraction of sp³-hybridized carbons (Fsp3) is 0.438. The second-order valence-corrected chi connectivity index (χ2v) is 6.74. The Morgan fingerprint density at radius 2 is 2.13 bits per heavy atom. The van der Waals surface area contributed by atoms with Gasteiger partial charge < -0.3 is 10.6 Å². The molecule has 1 aliphatic carbocycles. The van der Waals surface area contributed by atoms with Gasteiger partial charge in [0, 0.05) is 10.7 Å². The monoisotopic (exact) mass is 335 g/mol. The van der Waals surface area contributed by atoms with E-state index in [-0.39, 0.29) is 18.4 Å². The number of hydrogen-bond donors (Lipinski definition) is 2. The second kappa shape index (κ2) is 5.53. The average Bonchev–Trinajstić information content (AvgIpc) is 3.29. The first kappa shape index (κ1) is 15.8. The lowest BCUT2D eigenvalue weighted by Crippen LogP contribution is -2.46. The zero-order chi connectivity index (χ0) is 16.8. The van der Waals surface area contributed by atoms with E-state index in [0.717, 1.165) is 23.3 Å². The molecule has 4 amide bonds. The van der Waals surface area contributed by atoms with Gasteiger partial charge in [0.2, 0.25) is 5.91 Å². The highest BCUT2D eigenvalue weighted by Gasteiger charge is 2.56. The van der Waals surface area contributed by atoms with Crippen molar-refractivity contribution in [3.8, 4) is 0 Å².